The number of rotatable bonds is 2. The second-order valence-electron chi connectivity index (χ2n) is 4.92. The first kappa shape index (κ1) is 13.9. The zero-order valence-electron chi connectivity index (χ0n) is 11.3. The maximum atomic E-state index is 12.4. The van der Waals surface area contributed by atoms with Gasteiger partial charge in [-0.15, -0.1) is 0 Å². The van der Waals surface area contributed by atoms with E-state index in [2.05, 4.69) is 15.0 Å². The van der Waals surface area contributed by atoms with E-state index in [1.807, 2.05) is 0 Å². The van der Waals surface area contributed by atoms with Gasteiger partial charge in [-0.25, -0.2) is 15.0 Å². The molecular formula is C12H15N5O4. The van der Waals surface area contributed by atoms with Crippen molar-refractivity contribution in [1.82, 2.24) is 19.5 Å². The molecule has 3 atom stereocenters. The minimum absolute atomic E-state index is 0.161. The van der Waals surface area contributed by atoms with Crippen molar-refractivity contribution in [2.75, 3.05) is 12.3 Å². The predicted molar refractivity (Wildman–Crippen MR) is 72.4 cm³/mol. The number of aromatic nitrogens is 4. The van der Waals surface area contributed by atoms with Gasteiger partial charge >= 0.3 is 0 Å². The van der Waals surface area contributed by atoms with Gasteiger partial charge in [0.15, 0.2) is 11.5 Å². The van der Waals surface area contributed by atoms with E-state index in [1.54, 1.807) is 6.92 Å². The summed E-state index contributed by atoms with van der Waals surface area (Å²) in [5.74, 6) is 0.161. The Kier molecular flexibility index (Phi) is 3.32. The third-order valence-electron chi connectivity index (χ3n) is 3.54. The van der Waals surface area contributed by atoms with E-state index in [-0.39, 0.29) is 35.7 Å². The number of ether oxygens (including phenoxy) is 1. The lowest BCUT2D eigenvalue weighted by Crippen LogP contribution is -2.29. The lowest BCUT2D eigenvalue weighted by Gasteiger charge is -2.17. The van der Waals surface area contributed by atoms with Crippen LogP contribution in [0.4, 0.5) is 5.82 Å². The molecule has 0 spiro atoms. The van der Waals surface area contributed by atoms with Crippen LogP contribution in [-0.4, -0.2) is 48.5 Å². The first-order chi connectivity index (χ1) is 10.0. The second-order valence-corrected chi connectivity index (χ2v) is 4.92. The summed E-state index contributed by atoms with van der Waals surface area (Å²) in [5, 5.41) is 19.0. The number of aliphatic hydroxyl groups is 2. The summed E-state index contributed by atoms with van der Waals surface area (Å²) in [6.45, 7) is 1.23. The normalized spacial score (nSPS) is 25.6. The van der Waals surface area contributed by atoms with Crippen LogP contribution in [-0.2, 0) is 4.74 Å². The molecule has 4 N–H and O–H groups in total. The Morgan fingerprint density at radius 3 is 2.95 bits per heavy atom. The number of aryl methyl sites for hydroxylation is 1. The molecule has 1 aliphatic rings. The van der Waals surface area contributed by atoms with Gasteiger partial charge in [0.25, 0.3) is 5.56 Å². The van der Waals surface area contributed by atoms with Crippen molar-refractivity contribution in [2.45, 2.75) is 31.8 Å². The Labute approximate surface area is 119 Å². The summed E-state index contributed by atoms with van der Waals surface area (Å²) in [7, 11) is 0. The minimum atomic E-state index is -0.852. The number of fused-ring (bicyclic) bond motifs is 1. The van der Waals surface area contributed by atoms with Crippen LogP contribution in [0.15, 0.2) is 11.1 Å². The van der Waals surface area contributed by atoms with E-state index in [4.69, 9.17) is 15.6 Å². The average Bonchev–Trinajstić information content (AvgIpc) is 2.82. The van der Waals surface area contributed by atoms with Crippen LogP contribution in [0.25, 0.3) is 11.2 Å². The molecule has 9 heteroatoms. The van der Waals surface area contributed by atoms with Crippen molar-refractivity contribution >= 4 is 17.0 Å². The molecule has 21 heavy (non-hydrogen) atoms. The molecule has 0 radical (unpaired) electrons. The maximum absolute atomic E-state index is 12.4. The Morgan fingerprint density at radius 1 is 1.52 bits per heavy atom. The molecule has 0 saturated carbocycles. The molecule has 0 aromatic carbocycles. The highest BCUT2D eigenvalue weighted by atomic mass is 16.5. The van der Waals surface area contributed by atoms with Gasteiger partial charge < -0.3 is 20.7 Å². The maximum Gasteiger partial charge on any atom is 0.275 e. The molecule has 9 nitrogen and oxygen atoms in total. The molecule has 1 saturated heterocycles. The third kappa shape index (κ3) is 2.15. The Morgan fingerprint density at radius 2 is 2.29 bits per heavy atom. The minimum Gasteiger partial charge on any atom is -0.394 e. The van der Waals surface area contributed by atoms with Gasteiger partial charge in [0.05, 0.1) is 12.7 Å². The van der Waals surface area contributed by atoms with Crippen LogP contribution in [0.3, 0.4) is 0 Å². The Bertz CT molecular complexity index is 746. The van der Waals surface area contributed by atoms with E-state index in [1.165, 1.54) is 10.9 Å². The molecule has 2 aromatic rings. The largest absolute Gasteiger partial charge is 0.394 e. The van der Waals surface area contributed by atoms with Crippen LogP contribution in [0.5, 0.6) is 0 Å². The van der Waals surface area contributed by atoms with Crippen molar-refractivity contribution in [3.05, 3.63) is 22.4 Å². The highest BCUT2D eigenvalue weighted by Crippen LogP contribution is 2.29. The van der Waals surface area contributed by atoms with E-state index in [0.29, 0.717) is 5.52 Å². The van der Waals surface area contributed by atoms with Crippen molar-refractivity contribution in [3.63, 3.8) is 0 Å². The highest BCUT2D eigenvalue weighted by Gasteiger charge is 2.36. The van der Waals surface area contributed by atoms with Crippen LogP contribution in [0, 0.1) is 6.92 Å². The number of nitrogens with two attached hydrogens (primary N) is 1. The summed E-state index contributed by atoms with van der Waals surface area (Å²) < 4.78 is 6.83. The summed E-state index contributed by atoms with van der Waals surface area (Å²) >= 11 is 0. The Balaban J connectivity index is 2.21. The Hall–Kier alpha value is -2.10. The monoisotopic (exact) mass is 293 g/mol. The number of hydrogen-bond acceptors (Lipinski definition) is 8. The number of aliphatic hydroxyl groups excluding tert-OH is 2. The second kappa shape index (κ2) is 5.02. The van der Waals surface area contributed by atoms with Gasteiger partial charge in [0.1, 0.15) is 29.9 Å². The van der Waals surface area contributed by atoms with Gasteiger partial charge in [-0.2, -0.15) is 0 Å². The topological polar surface area (TPSA) is 136 Å². The van der Waals surface area contributed by atoms with Crippen molar-refractivity contribution in [1.29, 1.82) is 0 Å². The van der Waals surface area contributed by atoms with Crippen molar-refractivity contribution < 1.29 is 14.9 Å². The number of nitrogens with zero attached hydrogens (tertiary/aromatic N) is 4. The summed E-state index contributed by atoms with van der Waals surface area (Å²) in [6.07, 6.45) is -0.907. The average molecular weight is 293 g/mol. The molecule has 2 aromatic heterocycles. The van der Waals surface area contributed by atoms with Crippen molar-refractivity contribution in [3.8, 4) is 0 Å². The molecule has 0 unspecified atom stereocenters. The quantitative estimate of drug-likeness (QED) is 0.622. The van der Waals surface area contributed by atoms with Crippen LogP contribution >= 0.6 is 0 Å². The third-order valence-corrected chi connectivity index (χ3v) is 3.54. The fourth-order valence-electron chi connectivity index (χ4n) is 2.46. The number of anilines is 1. The van der Waals surface area contributed by atoms with E-state index < -0.39 is 18.4 Å². The molecule has 3 rings (SSSR count). The zero-order valence-corrected chi connectivity index (χ0v) is 11.3. The molecule has 0 amide bonds. The molecular weight excluding hydrogens is 278 g/mol. The summed E-state index contributed by atoms with van der Waals surface area (Å²) in [6, 6.07) is 0. The van der Waals surface area contributed by atoms with Gasteiger partial charge in [-0.05, 0) is 6.92 Å². The van der Waals surface area contributed by atoms with Crippen LogP contribution in [0.2, 0.25) is 0 Å². The fourth-order valence-corrected chi connectivity index (χ4v) is 2.46. The molecule has 112 valence electrons. The summed E-state index contributed by atoms with van der Waals surface area (Å²) in [4.78, 5) is 24.4. The van der Waals surface area contributed by atoms with E-state index >= 15 is 0 Å². The SMILES string of the molecule is Cc1nc2c(N)ncnc2n([C@H]2C[C@H](O)[C@@H](CO)O2)c1=O. The molecule has 0 aliphatic carbocycles. The van der Waals surface area contributed by atoms with Gasteiger partial charge in [0.2, 0.25) is 0 Å². The lowest BCUT2D eigenvalue weighted by atomic mass is 10.2. The molecule has 1 fully saturated rings. The first-order valence-electron chi connectivity index (χ1n) is 6.46. The number of hydrogen-bond donors (Lipinski definition) is 3. The smallest absolute Gasteiger partial charge is 0.275 e. The zero-order chi connectivity index (χ0) is 15.1. The standard InChI is InChI=1S/C12H15N5O4/c1-5-12(20)17(8-2-6(19)7(3-18)21-8)11-9(16-5)10(13)14-4-15-11/h4,6-8,18-19H,2-3H2,1H3,(H2,13,14,15)/t6-,7+,8+/m0/s1. The molecule has 1 aliphatic heterocycles. The van der Waals surface area contributed by atoms with Gasteiger partial charge in [-0.3, -0.25) is 9.36 Å². The molecule has 0 bridgehead atoms. The van der Waals surface area contributed by atoms with Gasteiger partial charge in [-0.1, -0.05) is 0 Å². The lowest BCUT2D eigenvalue weighted by molar-refractivity contribution is -0.0442. The van der Waals surface area contributed by atoms with Crippen LogP contribution in [0.1, 0.15) is 18.3 Å². The number of nitrogen functional groups attached to an aromatic ring is 1. The van der Waals surface area contributed by atoms with Crippen molar-refractivity contribution in [2.24, 2.45) is 0 Å². The first-order valence-corrected chi connectivity index (χ1v) is 6.46. The van der Waals surface area contributed by atoms with E-state index in [0.717, 1.165) is 0 Å². The van der Waals surface area contributed by atoms with Gasteiger partial charge in [0, 0.05) is 6.42 Å². The van der Waals surface area contributed by atoms with E-state index in [9.17, 15) is 9.90 Å². The predicted octanol–water partition coefficient (Wildman–Crippen LogP) is -1.28. The fraction of sp³-hybridized carbons (Fsp3) is 0.500. The molecule has 3 heterocycles. The summed E-state index contributed by atoms with van der Waals surface area (Å²) in [5.41, 5.74) is 6.17. The highest BCUT2D eigenvalue weighted by molar-refractivity contribution is 5.80. The van der Waals surface area contributed by atoms with Crippen LogP contribution < -0.4 is 11.3 Å².